The first-order valence-electron chi connectivity index (χ1n) is 7.25. The SMILES string of the molecule is Cc1ccc(OCCCn2ncn3nccc3c2=O)cc1C. The van der Waals surface area contributed by atoms with Gasteiger partial charge in [0.15, 0.2) is 0 Å². The molecule has 0 N–H and O–H groups in total. The lowest BCUT2D eigenvalue weighted by atomic mass is 10.1. The molecule has 3 rings (SSSR count). The first-order chi connectivity index (χ1) is 10.6. The van der Waals surface area contributed by atoms with Crippen molar-refractivity contribution in [1.29, 1.82) is 0 Å². The summed E-state index contributed by atoms with van der Waals surface area (Å²) in [6, 6.07) is 7.72. The van der Waals surface area contributed by atoms with Crippen molar-refractivity contribution in [2.75, 3.05) is 6.61 Å². The molecule has 0 aliphatic carbocycles. The maximum atomic E-state index is 12.1. The smallest absolute Gasteiger partial charge is 0.292 e. The number of aryl methyl sites for hydroxylation is 3. The molecule has 0 amide bonds. The van der Waals surface area contributed by atoms with Crippen molar-refractivity contribution in [2.24, 2.45) is 0 Å². The Bertz CT molecular complexity index is 851. The van der Waals surface area contributed by atoms with Crippen molar-refractivity contribution in [1.82, 2.24) is 19.4 Å². The van der Waals surface area contributed by atoms with Crippen molar-refractivity contribution >= 4 is 5.52 Å². The summed E-state index contributed by atoms with van der Waals surface area (Å²) in [4.78, 5) is 12.1. The molecule has 0 radical (unpaired) electrons. The molecule has 0 atom stereocenters. The Morgan fingerprint density at radius 1 is 1.14 bits per heavy atom. The van der Waals surface area contributed by atoms with E-state index in [1.54, 1.807) is 18.6 Å². The number of ether oxygens (including phenoxy) is 1. The average Bonchev–Trinajstić information content (AvgIpc) is 2.98. The maximum absolute atomic E-state index is 12.1. The highest BCUT2D eigenvalue weighted by molar-refractivity contribution is 5.41. The van der Waals surface area contributed by atoms with Gasteiger partial charge in [0, 0.05) is 13.0 Å². The van der Waals surface area contributed by atoms with Crippen LogP contribution in [0.4, 0.5) is 0 Å². The second-order valence-electron chi connectivity index (χ2n) is 5.27. The zero-order valence-corrected chi connectivity index (χ0v) is 12.7. The van der Waals surface area contributed by atoms with E-state index in [9.17, 15) is 4.79 Å². The number of rotatable bonds is 5. The molecule has 22 heavy (non-hydrogen) atoms. The molecule has 1 aromatic carbocycles. The number of hydrogen-bond acceptors (Lipinski definition) is 4. The van der Waals surface area contributed by atoms with E-state index < -0.39 is 0 Å². The fourth-order valence-corrected chi connectivity index (χ4v) is 2.24. The van der Waals surface area contributed by atoms with E-state index >= 15 is 0 Å². The van der Waals surface area contributed by atoms with E-state index in [4.69, 9.17) is 4.74 Å². The van der Waals surface area contributed by atoms with E-state index in [1.807, 2.05) is 18.2 Å². The Hall–Kier alpha value is -2.63. The van der Waals surface area contributed by atoms with Crippen LogP contribution in [0.25, 0.3) is 5.52 Å². The van der Waals surface area contributed by atoms with Gasteiger partial charge in [0.05, 0.1) is 12.8 Å². The summed E-state index contributed by atoms with van der Waals surface area (Å²) in [7, 11) is 0. The van der Waals surface area contributed by atoms with Gasteiger partial charge in [-0.3, -0.25) is 4.79 Å². The van der Waals surface area contributed by atoms with Gasteiger partial charge in [-0.25, -0.2) is 9.20 Å². The Morgan fingerprint density at radius 3 is 2.82 bits per heavy atom. The first-order valence-corrected chi connectivity index (χ1v) is 7.25. The molecule has 114 valence electrons. The van der Waals surface area contributed by atoms with Crippen LogP contribution in [0.5, 0.6) is 5.75 Å². The van der Waals surface area contributed by atoms with Crippen LogP contribution < -0.4 is 10.3 Å². The minimum absolute atomic E-state index is 0.133. The molecular weight excluding hydrogens is 280 g/mol. The number of hydrogen-bond donors (Lipinski definition) is 0. The lowest BCUT2D eigenvalue weighted by Crippen LogP contribution is -2.25. The Kier molecular flexibility index (Phi) is 3.91. The molecule has 6 heteroatoms. The molecular formula is C16H18N4O2. The molecule has 0 bridgehead atoms. The summed E-state index contributed by atoms with van der Waals surface area (Å²) in [6.45, 7) is 5.20. The molecule has 0 saturated heterocycles. The summed E-state index contributed by atoms with van der Waals surface area (Å²) in [5.41, 5.74) is 2.86. The maximum Gasteiger partial charge on any atom is 0.292 e. The normalized spacial score (nSPS) is 11.0. The van der Waals surface area contributed by atoms with Crippen molar-refractivity contribution in [3.8, 4) is 5.75 Å². The molecule has 0 fully saturated rings. The van der Waals surface area contributed by atoms with Gasteiger partial charge in [0.2, 0.25) is 0 Å². The standard InChI is InChI=1S/C16H18N4O2/c1-12-4-5-14(10-13(12)2)22-9-3-8-19-16(21)15-6-7-17-20(15)11-18-19/h4-7,10-11H,3,8-9H2,1-2H3. The van der Waals surface area contributed by atoms with E-state index in [1.165, 1.54) is 20.3 Å². The van der Waals surface area contributed by atoms with E-state index in [0.717, 1.165) is 5.75 Å². The molecule has 6 nitrogen and oxygen atoms in total. The van der Waals surface area contributed by atoms with Crippen LogP contribution >= 0.6 is 0 Å². The highest BCUT2D eigenvalue weighted by Crippen LogP contribution is 2.16. The van der Waals surface area contributed by atoms with Gasteiger partial charge < -0.3 is 4.74 Å². The lowest BCUT2D eigenvalue weighted by Gasteiger charge is -2.09. The average molecular weight is 298 g/mol. The third-order valence-corrected chi connectivity index (χ3v) is 3.69. The van der Waals surface area contributed by atoms with E-state index in [-0.39, 0.29) is 5.56 Å². The minimum atomic E-state index is -0.133. The molecule has 0 saturated carbocycles. The van der Waals surface area contributed by atoms with Crippen LogP contribution in [0.3, 0.4) is 0 Å². The topological polar surface area (TPSA) is 61.4 Å². The highest BCUT2D eigenvalue weighted by Gasteiger charge is 2.04. The van der Waals surface area contributed by atoms with Gasteiger partial charge in [-0.05, 0) is 43.2 Å². The van der Waals surface area contributed by atoms with Crippen molar-refractivity contribution in [2.45, 2.75) is 26.8 Å². The van der Waals surface area contributed by atoms with E-state index in [2.05, 4.69) is 24.0 Å². The zero-order valence-electron chi connectivity index (χ0n) is 12.7. The number of nitrogens with zero attached hydrogens (tertiary/aromatic N) is 4. The zero-order chi connectivity index (χ0) is 15.5. The predicted octanol–water partition coefficient (Wildman–Crippen LogP) is 1.98. The summed E-state index contributed by atoms with van der Waals surface area (Å²) >= 11 is 0. The van der Waals surface area contributed by atoms with Crippen molar-refractivity contribution < 1.29 is 4.74 Å². The van der Waals surface area contributed by atoms with Crippen molar-refractivity contribution in [3.63, 3.8) is 0 Å². The van der Waals surface area contributed by atoms with E-state index in [0.29, 0.717) is 25.1 Å². The monoisotopic (exact) mass is 298 g/mol. The fraction of sp³-hybridized carbons (Fsp3) is 0.312. The number of fused-ring (bicyclic) bond motifs is 1. The van der Waals surface area contributed by atoms with Gasteiger partial charge in [-0.2, -0.15) is 10.2 Å². The molecule has 2 heterocycles. The van der Waals surface area contributed by atoms with Crippen LogP contribution in [-0.4, -0.2) is 26.0 Å². The predicted molar refractivity (Wildman–Crippen MR) is 83.3 cm³/mol. The quantitative estimate of drug-likeness (QED) is 0.676. The summed E-state index contributed by atoms with van der Waals surface area (Å²) in [6.07, 6.45) is 3.84. The summed E-state index contributed by atoms with van der Waals surface area (Å²) in [5.74, 6) is 0.856. The molecule has 0 aliphatic heterocycles. The van der Waals surface area contributed by atoms with Gasteiger partial charge in [-0.15, -0.1) is 0 Å². The fourth-order valence-electron chi connectivity index (χ4n) is 2.24. The van der Waals surface area contributed by atoms with Gasteiger partial charge in [-0.1, -0.05) is 6.07 Å². The first kappa shape index (κ1) is 14.3. The number of aromatic nitrogens is 4. The summed E-state index contributed by atoms with van der Waals surface area (Å²) < 4.78 is 8.64. The molecule has 0 unspecified atom stereocenters. The van der Waals surface area contributed by atoms with Crippen LogP contribution in [-0.2, 0) is 6.54 Å². The second kappa shape index (κ2) is 6.01. The number of benzene rings is 1. The summed E-state index contributed by atoms with van der Waals surface area (Å²) in [5, 5.41) is 8.09. The molecule has 0 aliphatic rings. The highest BCUT2D eigenvalue weighted by atomic mass is 16.5. The van der Waals surface area contributed by atoms with Crippen LogP contribution in [0.1, 0.15) is 17.5 Å². The molecule has 3 aromatic rings. The second-order valence-corrected chi connectivity index (χ2v) is 5.27. The lowest BCUT2D eigenvalue weighted by molar-refractivity contribution is 0.296. The van der Waals surface area contributed by atoms with Gasteiger partial charge in [0.1, 0.15) is 17.6 Å². The van der Waals surface area contributed by atoms with Gasteiger partial charge >= 0.3 is 0 Å². The van der Waals surface area contributed by atoms with Crippen LogP contribution in [0.15, 0.2) is 41.6 Å². The Morgan fingerprint density at radius 2 is 2.00 bits per heavy atom. The third kappa shape index (κ3) is 2.86. The minimum Gasteiger partial charge on any atom is -0.494 e. The Balaban J connectivity index is 1.59. The van der Waals surface area contributed by atoms with Crippen LogP contribution in [0, 0.1) is 13.8 Å². The molecule has 0 spiro atoms. The Labute approximate surface area is 128 Å². The molecule has 2 aromatic heterocycles. The van der Waals surface area contributed by atoms with Crippen molar-refractivity contribution in [3.05, 3.63) is 58.3 Å². The van der Waals surface area contributed by atoms with Crippen LogP contribution in [0.2, 0.25) is 0 Å². The van der Waals surface area contributed by atoms with Gasteiger partial charge in [0.25, 0.3) is 5.56 Å². The largest absolute Gasteiger partial charge is 0.494 e. The third-order valence-electron chi connectivity index (χ3n) is 3.69.